The first-order chi connectivity index (χ1) is 8.70. The minimum Gasteiger partial charge on any atom is -0.399 e. The summed E-state index contributed by atoms with van der Waals surface area (Å²) in [6.45, 7) is 1.94. The van der Waals surface area contributed by atoms with Gasteiger partial charge in [-0.15, -0.1) is 0 Å². The number of aromatic nitrogens is 4. The number of rotatable bonds is 2. The van der Waals surface area contributed by atoms with Gasteiger partial charge in [0.2, 0.25) is 0 Å². The van der Waals surface area contributed by atoms with Gasteiger partial charge in [-0.2, -0.15) is 0 Å². The number of anilines is 1. The number of nitrogens with zero attached hydrogens (tertiary/aromatic N) is 3. The lowest BCUT2D eigenvalue weighted by Crippen LogP contribution is -1.86. The zero-order valence-corrected chi connectivity index (χ0v) is 10.5. The Morgan fingerprint density at radius 3 is 2.94 bits per heavy atom. The monoisotopic (exact) mass is 257 g/mol. The number of fused-ring (bicyclic) bond motifs is 1. The van der Waals surface area contributed by atoms with Crippen LogP contribution in [0.3, 0.4) is 0 Å². The highest BCUT2D eigenvalue weighted by Crippen LogP contribution is 2.26. The van der Waals surface area contributed by atoms with E-state index >= 15 is 0 Å². The number of H-pyrrole nitrogens is 1. The minimum atomic E-state index is 0.723. The average molecular weight is 257 g/mol. The molecule has 2 heterocycles. The summed E-state index contributed by atoms with van der Waals surface area (Å²) in [5.41, 5.74) is 9.22. The fourth-order valence-electron chi connectivity index (χ4n) is 1.64. The van der Waals surface area contributed by atoms with Crippen molar-refractivity contribution in [3.63, 3.8) is 0 Å². The van der Waals surface area contributed by atoms with Crippen LogP contribution in [0.25, 0.3) is 11.0 Å². The number of nitrogens with one attached hydrogen (secondary N) is 1. The van der Waals surface area contributed by atoms with E-state index < -0.39 is 0 Å². The van der Waals surface area contributed by atoms with Gasteiger partial charge in [0, 0.05) is 11.4 Å². The van der Waals surface area contributed by atoms with Crippen molar-refractivity contribution >= 4 is 28.5 Å². The Morgan fingerprint density at radius 2 is 2.11 bits per heavy atom. The first-order valence-corrected chi connectivity index (χ1v) is 6.24. The summed E-state index contributed by atoms with van der Waals surface area (Å²) in [6.07, 6.45) is 1.55. The quantitative estimate of drug-likeness (QED) is 0.544. The van der Waals surface area contributed by atoms with Gasteiger partial charge in [0.1, 0.15) is 11.4 Å². The summed E-state index contributed by atoms with van der Waals surface area (Å²) in [7, 11) is 0. The molecule has 3 N–H and O–H groups in total. The standard InChI is InChI=1S/C12H11N5S/c1-7-4-11(15-6-14-7)18-12-16-9-3-2-8(13)5-10(9)17-12/h2-6H,13H2,1H3,(H,16,17). The molecule has 0 radical (unpaired) electrons. The minimum absolute atomic E-state index is 0.723. The molecular weight excluding hydrogens is 246 g/mol. The molecule has 2 aromatic heterocycles. The zero-order valence-electron chi connectivity index (χ0n) is 9.71. The molecule has 0 spiro atoms. The van der Waals surface area contributed by atoms with Gasteiger partial charge in [0.15, 0.2) is 5.16 Å². The first kappa shape index (κ1) is 11.0. The molecule has 6 heteroatoms. The van der Waals surface area contributed by atoms with Crippen LogP contribution in [0.15, 0.2) is 40.8 Å². The van der Waals surface area contributed by atoms with Gasteiger partial charge in [0.05, 0.1) is 11.0 Å². The molecule has 1 aromatic carbocycles. The summed E-state index contributed by atoms with van der Waals surface area (Å²) in [6, 6.07) is 7.53. The van der Waals surface area contributed by atoms with E-state index in [2.05, 4.69) is 19.9 Å². The Kier molecular flexibility index (Phi) is 2.64. The van der Waals surface area contributed by atoms with Gasteiger partial charge in [-0.1, -0.05) is 0 Å². The molecule has 0 amide bonds. The van der Waals surface area contributed by atoms with Crippen LogP contribution in [0.1, 0.15) is 5.69 Å². The van der Waals surface area contributed by atoms with Crippen molar-refractivity contribution in [3.8, 4) is 0 Å². The van der Waals surface area contributed by atoms with Crippen LogP contribution in [-0.2, 0) is 0 Å². The van der Waals surface area contributed by atoms with Gasteiger partial charge < -0.3 is 10.7 Å². The number of nitrogens with two attached hydrogens (primary N) is 1. The molecule has 0 aliphatic rings. The Labute approximate surface area is 108 Å². The van der Waals surface area contributed by atoms with Crippen LogP contribution >= 0.6 is 11.8 Å². The molecule has 5 nitrogen and oxygen atoms in total. The maximum absolute atomic E-state index is 5.73. The lowest BCUT2D eigenvalue weighted by molar-refractivity contribution is 0.993. The molecule has 3 rings (SSSR count). The maximum atomic E-state index is 5.73. The Bertz CT molecular complexity index is 707. The zero-order chi connectivity index (χ0) is 12.5. The van der Waals surface area contributed by atoms with Crippen LogP contribution < -0.4 is 5.73 Å². The van der Waals surface area contributed by atoms with E-state index in [-0.39, 0.29) is 0 Å². The van der Waals surface area contributed by atoms with Crippen molar-refractivity contribution in [3.05, 3.63) is 36.3 Å². The number of hydrogen-bond acceptors (Lipinski definition) is 5. The first-order valence-electron chi connectivity index (χ1n) is 5.42. The number of benzene rings is 1. The third-order valence-corrected chi connectivity index (χ3v) is 3.28. The number of aryl methyl sites for hydroxylation is 1. The van der Waals surface area contributed by atoms with Crippen LogP contribution in [-0.4, -0.2) is 19.9 Å². The molecule has 3 aromatic rings. The summed E-state index contributed by atoms with van der Waals surface area (Å²) in [5, 5.41) is 1.67. The van der Waals surface area contributed by atoms with E-state index in [0.717, 1.165) is 32.6 Å². The van der Waals surface area contributed by atoms with Crippen LogP contribution in [0, 0.1) is 6.92 Å². The molecule has 0 bridgehead atoms. The predicted octanol–water partition coefficient (Wildman–Crippen LogP) is 2.39. The SMILES string of the molecule is Cc1cc(Sc2nc3ccc(N)cc3[nH]2)ncn1. The Hall–Kier alpha value is -2.08. The van der Waals surface area contributed by atoms with Crippen molar-refractivity contribution in [1.29, 1.82) is 0 Å². The molecule has 0 atom stereocenters. The van der Waals surface area contributed by atoms with Gasteiger partial charge in [-0.05, 0) is 43.0 Å². The summed E-state index contributed by atoms with van der Waals surface area (Å²) < 4.78 is 0. The van der Waals surface area contributed by atoms with E-state index in [9.17, 15) is 0 Å². The Morgan fingerprint density at radius 1 is 1.22 bits per heavy atom. The molecular formula is C12H11N5S. The van der Waals surface area contributed by atoms with Gasteiger partial charge in [0.25, 0.3) is 0 Å². The number of imidazole rings is 1. The van der Waals surface area contributed by atoms with Crippen molar-refractivity contribution < 1.29 is 0 Å². The van der Waals surface area contributed by atoms with Crippen LogP contribution in [0.4, 0.5) is 5.69 Å². The fourth-order valence-corrected chi connectivity index (χ4v) is 2.47. The number of nitrogen functional groups attached to an aromatic ring is 1. The van der Waals surface area contributed by atoms with Gasteiger partial charge >= 0.3 is 0 Å². The predicted molar refractivity (Wildman–Crippen MR) is 71.4 cm³/mol. The molecule has 90 valence electrons. The molecule has 0 unspecified atom stereocenters. The lowest BCUT2D eigenvalue weighted by atomic mass is 10.3. The van der Waals surface area contributed by atoms with Crippen molar-refractivity contribution in [2.45, 2.75) is 17.1 Å². The third-order valence-electron chi connectivity index (χ3n) is 2.46. The second-order valence-corrected chi connectivity index (χ2v) is 4.93. The molecule has 18 heavy (non-hydrogen) atoms. The highest BCUT2D eigenvalue weighted by molar-refractivity contribution is 7.99. The third kappa shape index (κ3) is 2.14. The van der Waals surface area contributed by atoms with Crippen molar-refractivity contribution in [1.82, 2.24) is 19.9 Å². The van der Waals surface area contributed by atoms with E-state index in [4.69, 9.17) is 5.73 Å². The average Bonchev–Trinajstić information content (AvgIpc) is 2.70. The lowest BCUT2D eigenvalue weighted by Gasteiger charge is -1.96. The normalized spacial score (nSPS) is 10.9. The number of hydrogen-bond donors (Lipinski definition) is 2. The summed E-state index contributed by atoms with van der Waals surface area (Å²) in [5.74, 6) is 0. The molecule has 0 aliphatic carbocycles. The second-order valence-electron chi connectivity index (χ2n) is 3.92. The topological polar surface area (TPSA) is 80.5 Å². The van der Waals surface area contributed by atoms with E-state index in [0.29, 0.717) is 0 Å². The van der Waals surface area contributed by atoms with E-state index in [1.54, 1.807) is 6.33 Å². The number of aromatic amines is 1. The Balaban J connectivity index is 1.95. The smallest absolute Gasteiger partial charge is 0.172 e. The summed E-state index contributed by atoms with van der Waals surface area (Å²) in [4.78, 5) is 15.9. The molecule has 0 fully saturated rings. The summed E-state index contributed by atoms with van der Waals surface area (Å²) >= 11 is 1.47. The van der Waals surface area contributed by atoms with Crippen molar-refractivity contribution in [2.24, 2.45) is 0 Å². The van der Waals surface area contributed by atoms with E-state index in [1.807, 2.05) is 31.2 Å². The van der Waals surface area contributed by atoms with Crippen LogP contribution in [0.2, 0.25) is 0 Å². The van der Waals surface area contributed by atoms with Gasteiger partial charge in [-0.3, -0.25) is 0 Å². The second kappa shape index (κ2) is 4.30. The highest BCUT2D eigenvalue weighted by atomic mass is 32.2. The van der Waals surface area contributed by atoms with Crippen molar-refractivity contribution in [2.75, 3.05) is 5.73 Å². The van der Waals surface area contributed by atoms with Gasteiger partial charge in [-0.25, -0.2) is 15.0 Å². The fraction of sp³-hybridized carbons (Fsp3) is 0.0833. The van der Waals surface area contributed by atoms with Crippen LogP contribution in [0.5, 0.6) is 0 Å². The van der Waals surface area contributed by atoms with E-state index in [1.165, 1.54) is 11.8 Å². The maximum Gasteiger partial charge on any atom is 0.172 e. The largest absolute Gasteiger partial charge is 0.399 e. The highest BCUT2D eigenvalue weighted by Gasteiger charge is 2.06. The molecule has 0 saturated heterocycles. The molecule has 0 saturated carbocycles. The molecule has 0 aliphatic heterocycles.